The van der Waals surface area contributed by atoms with Gasteiger partial charge >= 0.3 is 5.97 Å². The summed E-state index contributed by atoms with van der Waals surface area (Å²) in [6.07, 6.45) is 1.56. The number of hydrogen-bond acceptors (Lipinski definition) is 3. The first-order chi connectivity index (χ1) is 8.60. The van der Waals surface area contributed by atoms with Crippen molar-refractivity contribution in [1.29, 1.82) is 0 Å². The van der Waals surface area contributed by atoms with Crippen molar-refractivity contribution in [2.45, 2.75) is 6.54 Å². The van der Waals surface area contributed by atoms with Crippen molar-refractivity contribution >= 4 is 21.9 Å². The van der Waals surface area contributed by atoms with Crippen LogP contribution in [0.15, 0.2) is 35.1 Å². The van der Waals surface area contributed by atoms with E-state index in [0.717, 1.165) is 5.69 Å². The third kappa shape index (κ3) is 2.70. The predicted octanol–water partition coefficient (Wildman–Crippen LogP) is 2.40. The van der Waals surface area contributed by atoms with Gasteiger partial charge in [-0.3, -0.25) is 0 Å². The number of carbonyl (C=O) groups is 1. The minimum Gasteiger partial charge on any atom is -0.481 e. The van der Waals surface area contributed by atoms with E-state index in [1.54, 1.807) is 30.0 Å². The van der Waals surface area contributed by atoms with E-state index in [1.165, 1.54) is 0 Å². The Kier molecular flexibility index (Phi) is 3.66. The number of ether oxygens (including phenoxy) is 1. The van der Waals surface area contributed by atoms with Gasteiger partial charge in [0.1, 0.15) is 0 Å². The first-order valence-electron chi connectivity index (χ1n) is 5.19. The van der Waals surface area contributed by atoms with Crippen molar-refractivity contribution < 1.29 is 14.6 Å². The van der Waals surface area contributed by atoms with Gasteiger partial charge in [0, 0.05) is 12.3 Å². The molecule has 0 saturated heterocycles. The number of halogens is 1. The number of hydrogen-bond donors (Lipinski definition) is 1. The van der Waals surface area contributed by atoms with Crippen LogP contribution in [0.4, 0.5) is 0 Å². The Hall–Kier alpha value is -1.82. The summed E-state index contributed by atoms with van der Waals surface area (Å²) in [6.45, 7) is 0.477. The van der Waals surface area contributed by atoms with Crippen molar-refractivity contribution in [2.75, 3.05) is 7.11 Å². The van der Waals surface area contributed by atoms with Crippen LogP contribution in [0.2, 0.25) is 0 Å². The molecule has 0 atom stereocenters. The monoisotopic (exact) mass is 310 g/mol. The molecular formula is C12H11BrN2O3. The molecule has 0 aliphatic rings. The van der Waals surface area contributed by atoms with E-state index in [0.29, 0.717) is 17.0 Å². The van der Waals surface area contributed by atoms with Crippen LogP contribution in [0.1, 0.15) is 16.1 Å². The van der Waals surface area contributed by atoms with Gasteiger partial charge in [0.15, 0.2) is 0 Å². The van der Waals surface area contributed by atoms with Crippen molar-refractivity contribution in [3.63, 3.8) is 0 Å². The van der Waals surface area contributed by atoms with Gasteiger partial charge in [-0.2, -0.15) is 0 Å². The van der Waals surface area contributed by atoms with Crippen molar-refractivity contribution in [2.24, 2.45) is 0 Å². The zero-order valence-corrected chi connectivity index (χ0v) is 11.2. The van der Waals surface area contributed by atoms with E-state index in [2.05, 4.69) is 20.9 Å². The fraction of sp³-hybridized carbons (Fsp3) is 0.167. The quantitative estimate of drug-likeness (QED) is 0.942. The molecule has 0 radical (unpaired) electrons. The lowest BCUT2D eigenvalue weighted by atomic mass is 10.3. The number of nitrogens with zero attached hydrogens (tertiary/aromatic N) is 2. The van der Waals surface area contributed by atoms with E-state index in [-0.39, 0.29) is 5.56 Å². The molecule has 2 heterocycles. The van der Waals surface area contributed by atoms with Crippen LogP contribution in [0, 0.1) is 0 Å². The zero-order valence-electron chi connectivity index (χ0n) is 9.63. The maximum atomic E-state index is 10.8. The molecule has 5 nitrogen and oxygen atoms in total. The van der Waals surface area contributed by atoms with E-state index in [4.69, 9.17) is 9.84 Å². The van der Waals surface area contributed by atoms with Crippen molar-refractivity contribution in [3.05, 3.63) is 46.3 Å². The predicted molar refractivity (Wildman–Crippen MR) is 69.0 cm³/mol. The van der Waals surface area contributed by atoms with Gasteiger partial charge < -0.3 is 14.4 Å². The highest BCUT2D eigenvalue weighted by molar-refractivity contribution is 9.10. The molecule has 0 aromatic carbocycles. The maximum absolute atomic E-state index is 10.8. The third-order valence-electron chi connectivity index (χ3n) is 2.41. The summed E-state index contributed by atoms with van der Waals surface area (Å²) in [5.41, 5.74) is 1.03. The van der Waals surface area contributed by atoms with Gasteiger partial charge in [-0.25, -0.2) is 9.78 Å². The van der Waals surface area contributed by atoms with Gasteiger partial charge in [-0.15, -0.1) is 0 Å². The standard InChI is InChI=1S/C12H11BrN2O3/c1-18-11-4-2-3-9(14-11)7-15-6-8(12(16)17)5-10(15)13/h2-6H,7H2,1H3,(H,16,17). The van der Waals surface area contributed by atoms with E-state index in [1.807, 2.05) is 12.1 Å². The molecule has 0 aliphatic carbocycles. The highest BCUT2D eigenvalue weighted by atomic mass is 79.9. The number of carboxylic acids is 1. The first kappa shape index (κ1) is 12.6. The summed E-state index contributed by atoms with van der Waals surface area (Å²) in [6, 6.07) is 7.02. The van der Waals surface area contributed by atoms with Crippen LogP contribution < -0.4 is 4.74 Å². The number of rotatable bonds is 4. The smallest absolute Gasteiger partial charge is 0.337 e. The fourth-order valence-corrected chi connectivity index (χ4v) is 2.02. The summed E-state index contributed by atoms with van der Waals surface area (Å²) in [5.74, 6) is -0.415. The molecule has 18 heavy (non-hydrogen) atoms. The Morgan fingerprint density at radius 1 is 1.56 bits per heavy atom. The van der Waals surface area contributed by atoms with Crippen LogP contribution in [-0.2, 0) is 6.54 Å². The van der Waals surface area contributed by atoms with Gasteiger partial charge in [-0.05, 0) is 28.1 Å². The first-order valence-corrected chi connectivity index (χ1v) is 5.98. The second kappa shape index (κ2) is 5.22. The Balaban J connectivity index is 2.25. The second-order valence-electron chi connectivity index (χ2n) is 3.66. The minimum atomic E-state index is -0.951. The molecule has 2 rings (SSSR count). The van der Waals surface area contributed by atoms with Crippen molar-refractivity contribution in [1.82, 2.24) is 9.55 Å². The summed E-state index contributed by atoms with van der Waals surface area (Å²) < 4.78 is 7.51. The summed E-state index contributed by atoms with van der Waals surface area (Å²) >= 11 is 3.32. The highest BCUT2D eigenvalue weighted by Gasteiger charge is 2.10. The largest absolute Gasteiger partial charge is 0.481 e. The molecule has 0 spiro atoms. The van der Waals surface area contributed by atoms with Crippen LogP contribution in [-0.4, -0.2) is 27.7 Å². The molecular weight excluding hydrogens is 300 g/mol. The summed E-state index contributed by atoms with van der Waals surface area (Å²) in [4.78, 5) is 15.1. The lowest BCUT2D eigenvalue weighted by Crippen LogP contribution is -2.02. The average Bonchev–Trinajstić information content (AvgIpc) is 2.71. The van der Waals surface area contributed by atoms with Gasteiger partial charge in [-0.1, -0.05) is 6.07 Å². The van der Waals surface area contributed by atoms with Gasteiger partial charge in [0.25, 0.3) is 0 Å². The molecule has 0 fully saturated rings. The maximum Gasteiger partial charge on any atom is 0.337 e. The second-order valence-corrected chi connectivity index (χ2v) is 4.47. The SMILES string of the molecule is COc1cccc(Cn2cc(C(=O)O)cc2Br)n1. The molecule has 0 aliphatic heterocycles. The Morgan fingerprint density at radius 3 is 2.94 bits per heavy atom. The summed E-state index contributed by atoms with van der Waals surface area (Å²) in [7, 11) is 1.56. The van der Waals surface area contributed by atoms with Gasteiger partial charge in [0.2, 0.25) is 5.88 Å². The van der Waals surface area contributed by atoms with E-state index < -0.39 is 5.97 Å². The normalized spacial score (nSPS) is 10.3. The average molecular weight is 311 g/mol. The molecule has 0 unspecified atom stereocenters. The summed E-state index contributed by atoms with van der Waals surface area (Å²) in [5, 5.41) is 8.90. The lowest BCUT2D eigenvalue weighted by molar-refractivity contribution is 0.0697. The third-order valence-corrected chi connectivity index (χ3v) is 3.10. The zero-order chi connectivity index (χ0) is 13.1. The van der Waals surface area contributed by atoms with Crippen molar-refractivity contribution in [3.8, 4) is 5.88 Å². The van der Waals surface area contributed by atoms with Gasteiger partial charge in [0.05, 0.1) is 29.5 Å². The fourth-order valence-electron chi connectivity index (χ4n) is 1.55. The molecule has 2 aromatic heterocycles. The molecule has 0 bridgehead atoms. The number of methoxy groups -OCH3 is 1. The topological polar surface area (TPSA) is 64.3 Å². The van der Waals surface area contributed by atoms with Crippen LogP contribution in [0.25, 0.3) is 0 Å². The molecule has 2 aromatic rings. The molecule has 94 valence electrons. The Labute approximate surface area is 112 Å². The molecule has 1 N–H and O–H groups in total. The van der Waals surface area contributed by atoms with Crippen LogP contribution in [0.5, 0.6) is 5.88 Å². The lowest BCUT2D eigenvalue weighted by Gasteiger charge is -2.05. The molecule has 0 amide bonds. The number of aromatic nitrogens is 2. The number of pyridine rings is 1. The minimum absolute atomic E-state index is 0.241. The molecule has 0 saturated carbocycles. The molecule has 6 heteroatoms. The van der Waals surface area contributed by atoms with Crippen LogP contribution in [0.3, 0.4) is 0 Å². The highest BCUT2D eigenvalue weighted by Crippen LogP contribution is 2.17. The number of carboxylic acid groups (broad SMARTS) is 1. The Morgan fingerprint density at radius 2 is 2.33 bits per heavy atom. The van der Waals surface area contributed by atoms with E-state index in [9.17, 15) is 4.79 Å². The van der Waals surface area contributed by atoms with E-state index >= 15 is 0 Å². The Bertz CT molecular complexity index is 580. The van der Waals surface area contributed by atoms with Crippen LogP contribution >= 0.6 is 15.9 Å². The number of aromatic carboxylic acids is 1.